The van der Waals surface area contributed by atoms with E-state index in [9.17, 15) is 18.4 Å². The van der Waals surface area contributed by atoms with E-state index in [0.717, 1.165) is 0 Å². The molecule has 7 nitrogen and oxygen atoms in total. The molecule has 0 bridgehead atoms. The molecule has 0 saturated heterocycles. The van der Waals surface area contributed by atoms with Gasteiger partial charge in [0.05, 0.1) is 5.56 Å². The quantitative estimate of drug-likeness (QED) is 0.498. The number of carbonyl (C=O) groups is 2. The highest BCUT2D eigenvalue weighted by atomic mass is 19.1. The van der Waals surface area contributed by atoms with Crippen LogP contribution >= 0.6 is 0 Å². The Kier molecular flexibility index (Phi) is 5.31. The second kappa shape index (κ2) is 8.23. The molecule has 0 fully saturated rings. The molecular formula is C22H15F2N5O2. The van der Waals surface area contributed by atoms with E-state index in [1.54, 1.807) is 19.1 Å². The standard InChI is InChI=1S/C22H15F2N5O2/c1-13-26-27-28-29(13)20-12-16(10-11-19(20)24)25-22(31)18-5-3-2-4-17(18)21(30)14-6-8-15(23)9-7-14/h2-12H,1H3,(H,25,31). The summed E-state index contributed by atoms with van der Waals surface area (Å²) in [6.07, 6.45) is 0. The number of nitrogens with zero attached hydrogens (tertiary/aromatic N) is 4. The predicted molar refractivity (Wildman–Crippen MR) is 108 cm³/mol. The van der Waals surface area contributed by atoms with Gasteiger partial charge in [-0.1, -0.05) is 18.2 Å². The highest BCUT2D eigenvalue weighted by Crippen LogP contribution is 2.21. The van der Waals surface area contributed by atoms with Crippen molar-refractivity contribution in [3.63, 3.8) is 0 Å². The van der Waals surface area contributed by atoms with Crippen LogP contribution in [0, 0.1) is 18.6 Å². The number of amides is 1. The Balaban J connectivity index is 1.64. The molecule has 1 N–H and O–H groups in total. The molecular weight excluding hydrogens is 404 g/mol. The summed E-state index contributed by atoms with van der Waals surface area (Å²) in [4.78, 5) is 25.8. The molecule has 3 aromatic carbocycles. The lowest BCUT2D eigenvalue weighted by Gasteiger charge is -2.11. The van der Waals surface area contributed by atoms with Crippen molar-refractivity contribution in [1.29, 1.82) is 0 Å². The third-order valence-corrected chi connectivity index (χ3v) is 4.58. The van der Waals surface area contributed by atoms with Crippen molar-refractivity contribution in [2.24, 2.45) is 0 Å². The molecule has 0 spiro atoms. The van der Waals surface area contributed by atoms with Crippen LogP contribution in [0.1, 0.15) is 32.1 Å². The van der Waals surface area contributed by atoms with Gasteiger partial charge in [0.25, 0.3) is 5.91 Å². The lowest BCUT2D eigenvalue weighted by molar-refractivity contribution is 0.0996. The molecule has 0 aliphatic carbocycles. The fourth-order valence-electron chi connectivity index (χ4n) is 3.04. The second-order valence-corrected chi connectivity index (χ2v) is 6.64. The van der Waals surface area contributed by atoms with Crippen molar-refractivity contribution >= 4 is 17.4 Å². The van der Waals surface area contributed by atoms with Gasteiger partial charge in [0.2, 0.25) is 0 Å². The van der Waals surface area contributed by atoms with Crippen LogP contribution < -0.4 is 5.32 Å². The average molecular weight is 419 g/mol. The highest BCUT2D eigenvalue weighted by molar-refractivity contribution is 6.17. The number of aromatic nitrogens is 4. The van der Waals surface area contributed by atoms with Crippen molar-refractivity contribution < 1.29 is 18.4 Å². The number of tetrazole rings is 1. The first kappa shape index (κ1) is 20.0. The summed E-state index contributed by atoms with van der Waals surface area (Å²) in [5.74, 6) is -1.64. The maximum absolute atomic E-state index is 14.3. The molecule has 0 atom stereocenters. The number of anilines is 1. The van der Waals surface area contributed by atoms with Gasteiger partial charge in [0, 0.05) is 16.8 Å². The minimum atomic E-state index is -0.569. The van der Waals surface area contributed by atoms with Crippen LogP contribution in [0.4, 0.5) is 14.5 Å². The number of ketones is 1. The molecule has 1 heterocycles. The number of nitrogens with one attached hydrogen (secondary N) is 1. The normalized spacial score (nSPS) is 10.7. The predicted octanol–water partition coefficient (Wildman–Crippen LogP) is 3.73. The highest BCUT2D eigenvalue weighted by Gasteiger charge is 2.19. The summed E-state index contributed by atoms with van der Waals surface area (Å²) in [6.45, 7) is 1.61. The number of aryl methyl sites for hydroxylation is 1. The number of benzene rings is 3. The Morgan fingerprint density at radius 1 is 0.935 bits per heavy atom. The van der Waals surface area contributed by atoms with Gasteiger partial charge in [0.1, 0.15) is 17.3 Å². The van der Waals surface area contributed by atoms with Crippen molar-refractivity contribution in [2.75, 3.05) is 5.32 Å². The number of hydrogen-bond donors (Lipinski definition) is 1. The van der Waals surface area contributed by atoms with Crippen LogP contribution in [0.25, 0.3) is 5.69 Å². The topological polar surface area (TPSA) is 89.8 Å². The van der Waals surface area contributed by atoms with E-state index < -0.39 is 23.3 Å². The molecule has 4 rings (SSSR count). The van der Waals surface area contributed by atoms with Gasteiger partial charge in [-0.2, -0.15) is 4.68 Å². The van der Waals surface area contributed by atoms with E-state index in [0.29, 0.717) is 11.5 Å². The molecule has 9 heteroatoms. The first-order valence-electron chi connectivity index (χ1n) is 9.19. The van der Waals surface area contributed by atoms with E-state index in [4.69, 9.17) is 0 Å². The first-order chi connectivity index (χ1) is 14.9. The summed E-state index contributed by atoms with van der Waals surface area (Å²) in [5.41, 5.74) is 0.891. The first-order valence-corrected chi connectivity index (χ1v) is 9.19. The summed E-state index contributed by atoms with van der Waals surface area (Å²) in [6, 6.07) is 15.3. The van der Waals surface area contributed by atoms with Crippen LogP contribution in [0.2, 0.25) is 0 Å². The van der Waals surface area contributed by atoms with Crippen molar-refractivity contribution in [3.8, 4) is 5.69 Å². The summed E-state index contributed by atoms with van der Waals surface area (Å²) >= 11 is 0. The van der Waals surface area contributed by atoms with Crippen LogP contribution in [-0.2, 0) is 0 Å². The number of rotatable bonds is 5. The van der Waals surface area contributed by atoms with Gasteiger partial charge in [-0.3, -0.25) is 9.59 Å². The molecule has 31 heavy (non-hydrogen) atoms. The Bertz CT molecular complexity index is 1290. The third kappa shape index (κ3) is 4.06. The van der Waals surface area contributed by atoms with E-state index in [-0.39, 0.29) is 22.4 Å². The Morgan fingerprint density at radius 2 is 1.65 bits per heavy atom. The molecule has 154 valence electrons. The summed E-state index contributed by atoms with van der Waals surface area (Å²) in [5, 5.41) is 13.6. The molecule has 1 amide bonds. The SMILES string of the molecule is Cc1nnnn1-c1cc(NC(=O)c2ccccc2C(=O)c2ccc(F)cc2)ccc1F. The fourth-order valence-corrected chi connectivity index (χ4v) is 3.04. The van der Waals surface area contributed by atoms with Gasteiger partial charge in [-0.25, -0.2) is 8.78 Å². The van der Waals surface area contributed by atoms with Gasteiger partial charge in [-0.05, 0) is 65.9 Å². The van der Waals surface area contributed by atoms with E-state index >= 15 is 0 Å². The van der Waals surface area contributed by atoms with Crippen molar-refractivity contribution in [2.45, 2.75) is 6.92 Å². The van der Waals surface area contributed by atoms with Gasteiger partial charge < -0.3 is 5.32 Å². The Morgan fingerprint density at radius 3 is 2.32 bits per heavy atom. The maximum Gasteiger partial charge on any atom is 0.256 e. The van der Waals surface area contributed by atoms with E-state index in [1.165, 1.54) is 59.3 Å². The Hall–Kier alpha value is -4.27. The van der Waals surface area contributed by atoms with Crippen molar-refractivity contribution in [1.82, 2.24) is 20.2 Å². The van der Waals surface area contributed by atoms with E-state index in [1.807, 2.05) is 0 Å². The molecule has 0 aliphatic rings. The maximum atomic E-state index is 14.3. The minimum Gasteiger partial charge on any atom is -0.322 e. The molecule has 0 aliphatic heterocycles. The molecule has 1 aromatic heterocycles. The van der Waals surface area contributed by atoms with Crippen LogP contribution in [0.15, 0.2) is 66.7 Å². The van der Waals surface area contributed by atoms with Crippen LogP contribution in [-0.4, -0.2) is 31.9 Å². The minimum absolute atomic E-state index is 0.0657. The zero-order valence-corrected chi connectivity index (χ0v) is 16.2. The smallest absolute Gasteiger partial charge is 0.256 e. The molecule has 0 saturated carbocycles. The zero-order chi connectivity index (χ0) is 22.0. The number of halogens is 2. The second-order valence-electron chi connectivity index (χ2n) is 6.64. The molecule has 0 radical (unpaired) electrons. The van der Waals surface area contributed by atoms with Crippen LogP contribution in [0.5, 0.6) is 0 Å². The van der Waals surface area contributed by atoms with Gasteiger partial charge >= 0.3 is 0 Å². The van der Waals surface area contributed by atoms with Crippen molar-refractivity contribution in [3.05, 3.63) is 101 Å². The number of hydrogen-bond acceptors (Lipinski definition) is 5. The van der Waals surface area contributed by atoms with Gasteiger partial charge in [-0.15, -0.1) is 5.10 Å². The fraction of sp³-hybridized carbons (Fsp3) is 0.0455. The zero-order valence-electron chi connectivity index (χ0n) is 16.2. The average Bonchev–Trinajstić information content (AvgIpc) is 3.20. The van der Waals surface area contributed by atoms with Gasteiger partial charge in [0.15, 0.2) is 11.6 Å². The lowest BCUT2D eigenvalue weighted by Crippen LogP contribution is -2.17. The molecule has 0 unspecified atom stereocenters. The lowest BCUT2D eigenvalue weighted by atomic mass is 9.98. The molecule has 4 aromatic rings. The Labute approximate surface area is 175 Å². The van der Waals surface area contributed by atoms with Crippen LogP contribution in [0.3, 0.4) is 0 Å². The third-order valence-electron chi connectivity index (χ3n) is 4.58. The monoisotopic (exact) mass is 419 g/mol. The summed E-state index contributed by atoms with van der Waals surface area (Å²) < 4.78 is 28.6. The number of carbonyl (C=O) groups excluding carboxylic acids is 2. The largest absolute Gasteiger partial charge is 0.322 e. The van der Waals surface area contributed by atoms with E-state index in [2.05, 4.69) is 20.8 Å². The summed E-state index contributed by atoms with van der Waals surface area (Å²) in [7, 11) is 0.